The van der Waals surface area contributed by atoms with Crippen LogP contribution in [-0.2, 0) is 9.59 Å². The van der Waals surface area contributed by atoms with Gasteiger partial charge in [-0.25, -0.2) is 0 Å². The van der Waals surface area contributed by atoms with E-state index in [1.807, 2.05) is 18.2 Å². The van der Waals surface area contributed by atoms with Crippen LogP contribution in [0.1, 0.15) is 39.0 Å². The minimum atomic E-state index is -0.614. The second kappa shape index (κ2) is 7.43. The summed E-state index contributed by atoms with van der Waals surface area (Å²) in [5.74, 6) is -0.408. The molecule has 1 aromatic heterocycles. The van der Waals surface area contributed by atoms with Crippen molar-refractivity contribution in [1.82, 2.24) is 10.3 Å². The number of amides is 2. The van der Waals surface area contributed by atoms with Crippen LogP contribution in [0.25, 0.3) is 10.8 Å². The topological polar surface area (TPSA) is 71.1 Å². The van der Waals surface area contributed by atoms with Gasteiger partial charge in [0, 0.05) is 34.9 Å². The van der Waals surface area contributed by atoms with Gasteiger partial charge in [-0.3, -0.25) is 14.6 Å². The lowest BCUT2D eigenvalue weighted by Gasteiger charge is -2.28. The summed E-state index contributed by atoms with van der Waals surface area (Å²) >= 11 is 0. The lowest BCUT2D eigenvalue weighted by molar-refractivity contribution is -0.136. The Morgan fingerprint density at radius 2 is 1.92 bits per heavy atom. The highest BCUT2D eigenvalue weighted by Gasteiger charge is 2.24. The van der Waals surface area contributed by atoms with E-state index in [1.54, 1.807) is 18.5 Å². The molecule has 1 heterocycles. The number of hydrogen-bond donors (Lipinski definition) is 2. The van der Waals surface area contributed by atoms with E-state index in [2.05, 4.69) is 22.5 Å². The molecule has 0 atom stereocenters. The Bertz CT molecular complexity index is 731. The standard InChI is InChI=1S/C19H23N3O2/c1-2-13-6-8-15(9-7-13)21-18(23)19(24)22-17-5-3-4-14-12-20-11-10-16(14)17/h3-5,10-13,15H,2,6-9H2,1H3,(H,21,23)(H,22,24). The maximum absolute atomic E-state index is 12.2. The first kappa shape index (κ1) is 16.4. The van der Waals surface area contributed by atoms with Gasteiger partial charge in [0.15, 0.2) is 0 Å². The Hall–Kier alpha value is -2.43. The number of carbonyl (C=O) groups is 2. The highest BCUT2D eigenvalue weighted by molar-refractivity contribution is 6.40. The number of benzene rings is 1. The van der Waals surface area contributed by atoms with Crippen LogP contribution in [0.4, 0.5) is 5.69 Å². The predicted octanol–water partition coefficient (Wildman–Crippen LogP) is 3.26. The first-order chi connectivity index (χ1) is 11.7. The van der Waals surface area contributed by atoms with Crippen molar-refractivity contribution in [3.8, 4) is 0 Å². The molecule has 0 radical (unpaired) electrons. The van der Waals surface area contributed by atoms with E-state index in [4.69, 9.17) is 0 Å². The zero-order valence-electron chi connectivity index (χ0n) is 13.9. The fourth-order valence-corrected chi connectivity index (χ4v) is 3.38. The predicted molar refractivity (Wildman–Crippen MR) is 94.6 cm³/mol. The zero-order valence-corrected chi connectivity index (χ0v) is 13.9. The van der Waals surface area contributed by atoms with Crippen LogP contribution in [0.2, 0.25) is 0 Å². The van der Waals surface area contributed by atoms with Crippen molar-refractivity contribution in [2.24, 2.45) is 5.92 Å². The zero-order chi connectivity index (χ0) is 16.9. The summed E-state index contributed by atoms with van der Waals surface area (Å²) in [6.07, 6.45) is 8.76. The van der Waals surface area contributed by atoms with Crippen LogP contribution in [0, 0.1) is 5.92 Å². The summed E-state index contributed by atoms with van der Waals surface area (Å²) in [5.41, 5.74) is 0.629. The van der Waals surface area contributed by atoms with Crippen molar-refractivity contribution in [2.75, 3.05) is 5.32 Å². The van der Waals surface area contributed by atoms with Gasteiger partial charge in [0.2, 0.25) is 0 Å². The van der Waals surface area contributed by atoms with Gasteiger partial charge in [-0.2, -0.15) is 0 Å². The van der Waals surface area contributed by atoms with Gasteiger partial charge in [0.25, 0.3) is 0 Å². The molecular weight excluding hydrogens is 302 g/mol. The molecular formula is C19H23N3O2. The molecule has 0 saturated heterocycles. The van der Waals surface area contributed by atoms with Crippen LogP contribution in [0.15, 0.2) is 36.7 Å². The highest BCUT2D eigenvalue weighted by atomic mass is 16.2. The van der Waals surface area contributed by atoms with Crippen LogP contribution in [0.3, 0.4) is 0 Å². The third-order valence-electron chi connectivity index (χ3n) is 4.89. The fourth-order valence-electron chi connectivity index (χ4n) is 3.38. The van der Waals surface area contributed by atoms with Crippen molar-refractivity contribution in [3.63, 3.8) is 0 Å². The molecule has 24 heavy (non-hydrogen) atoms. The van der Waals surface area contributed by atoms with Gasteiger partial charge in [-0.1, -0.05) is 25.5 Å². The molecule has 2 aromatic rings. The largest absolute Gasteiger partial charge is 0.345 e. The molecule has 126 valence electrons. The van der Waals surface area contributed by atoms with E-state index in [0.29, 0.717) is 5.69 Å². The maximum atomic E-state index is 12.2. The van der Waals surface area contributed by atoms with E-state index in [9.17, 15) is 9.59 Å². The summed E-state index contributed by atoms with van der Waals surface area (Å²) < 4.78 is 0. The summed E-state index contributed by atoms with van der Waals surface area (Å²) in [4.78, 5) is 28.4. The van der Waals surface area contributed by atoms with Gasteiger partial charge in [-0.05, 0) is 43.7 Å². The van der Waals surface area contributed by atoms with Crippen molar-refractivity contribution < 1.29 is 9.59 Å². The summed E-state index contributed by atoms with van der Waals surface area (Å²) in [7, 11) is 0. The van der Waals surface area contributed by atoms with Crippen LogP contribution in [-0.4, -0.2) is 22.8 Å². The number of anilines is 1. The number of nitrogens with one attached hydrogen (secondary N) is 2. The molecule has 0 bridgehead atoms. The molecule has 1 aliphatic carbocycles. The summed E-state index contributed by atoms with van der Waals surface area (Å²) in [6.45, 7) is 2.21. The Balaban J connectivity index is 1.61. The third kappa shape index (κ3) is 3.72. The highest BCUT2D eigenvalue weighted by Crippen LogP contribution is 2.26. The molecule has 5 heteroatoms. The molecule has 0 unspecified atom stereocenters. The minimum Gasteiger partial charge on any atom is -0.345 e. The van der Waals surface area contributed by atoms with E-state index in [0.717, 1.165) is 42.4 Å². The first-order valence-electron chi connectivity index (χ1n) is 8.62. The maximum Gasteiger partial charge on any atom is 0.313 e. The Labute approximate surface area is 141 Å². The van der Waals surface area contributed by atoms with Crippen LogP contribution >= 0.6 is 0 Å². The van der Waals surface area contributed by atoms with Crippen LogP contribution < -0.4 is 10.6 Å². The molecule has 1 fully saturated rings. The number of carbonyl (C=O) groups excluding carboxylic acids is 2. The Kier molecular flexibility index (Phi) is 5.08. The average molecular weight is 325 g/mol. The molecule has 2 N–H and O–H groups in total. The SMILES string of the molecule is CCC1CCC(NC(=O)C(=O)Nc2cccc3cnccc23)CC1. The van der Waals surface area contributed by atoms with E-state index >= 15 is 0 Å². The van der Waals surface area contributed by atoms with Gasteiger partial charge >= 0.3 is 11.8 Å². The van der Waals surface area contributed by atoms with Gasteiger partial charge in [0.05, 0.1) is 0 Å². The third-order valence-corrected chi connectivity index (χ3v) is 4.89. The van der Waals surface area contributed by atoms with Gasteiger partial charge in [0.1, 0.15) is 0 Å². The van der Waals surface area contributed by atoms with E-state index in [1.165, 1.54) is 6.42 Å². The van der Waals surface area contributed by atoms with Crippen molar-refractivity contribution in [3.05, 3.63) is 36.7 Å². The molecule has 3 rings (SSSR count). The lowest BCUT2D eigenvalue weighted by atomic mass is 9.84. The Morgan fingerprint density at radius 3 is 2.67 bits per heavy atom. The number of aromatic nitrogens is 1. The second-order valence-electron chi connectivity index (χ2n) is 6.46. The van der Waals surface area contributed by atoms with Crippen molar-refractivity contribution in [2.45, 2.75) is 45.1 Å². The molecule has 2 amide bonds. The normalized spacial score (nSPS) is 20.5. The Morgan fingerprint density at radius 1 is 1.12 bits per heavy atom. The van der Waals surface area contributed by atoms with E-state index < -0.39 is 11.8 Å². The molecule has 0 aliphatic heterocycles. The number of pyridine rings is 1. The molecule has 0 spiro atoms. The van der Waals surface area contributed by atoms with Crippen molar-refractivity contribution >= 4 is 28.3 Å². The summed E-state index contributed by atoms with van der Waals surface area (Å²) in [5, 5.41) is 7.38. The average Bonchev–Trinajstić information content (AvgIpc) is 2.62. The quantitative estimate of drug-likeness (QED) is 0.851. The fraction of sp³-hybridized carbons (Fsp3) is 0.421. The van der Waals surface area contributed by atoms with Gasteiger partial charge < -0.3 is 10.6 Å². The first-order valence-corrected chi connectivity index (χ1v) is 8.62. The van der Waals surface area contributed by atoms with E-state index in [-0.39, 0.29) is 6.04 Å². The number of rotatable bonds is 3. The number of hydrogen-bond acceptors (Lipinski definition) is 3. The lowest BCUT2D eigenvalue weighted by Crippen LogP contribution is -2.43. The smallest absolute Gasteiger partial charge is 0.313 e. The second-order valence-corrected chi connectivity index (χ2v) is 6.46. The number of fused-ring (bicyclic) bond motifs is 1. The monoisotopic (exact) mass is 325 g/mol. The van der Waals surface area contributed by atoms with Crippen LogP contribution in [0.5, 0.6) is 0 Å². The molecule has 1 aliphatic rings. The number of nitrogens with zero attached hydrogens (tertiary/aromatic N) is 1. The molecule has 5 nitrogen and oxygen atoms in total. The summed E-state index contributed by atoms with van der Waals surface area (Å²) in [6, 6.07) is 7.49. The minimum absolute atomic E-state index is 0.114. The van der Waals surface area contributed by atoms with Gasteiger partial charge in [-0.15, -0.1) is 0 Å². The van der Waals surface area contributed by atoms with Crippen molar-refractivity contribution in [1.29, 1.82) is 0 Å². The molecule has 1 saturated carbocycles. The molecule has 1 aromatic carbocycles.